The molecular formula is C21H27N3O4. The second-order valence-electron chi connectivity index (χ2n) is 7.74. The number of aromatic amines is 1. The maximum absolute atomic E-state index is 12.3. The third-order valence-corrected chi connectivity index (χ3v) is 3.87. The number of nitrogens with one attached hydrogen (secondary N) is 2. The summed E-state index contributed by atoms with van der Waals surface area (Å²) in [6.45, 7) is 7.44. The lowest BCUT2D eigenvalue weighted by atomic mass is 10.1. The standard InChI is InChI=1S/C21H27N3O4/c1-14(22-20(27)28-21(2,3)4)13-24(5)18(25)11-10-16-12-15-8-6-7-9-17(15)23-19(16)26/h6-12,14H,13H2,1-5H3,(H,22,27)(H,23,26)/b11-10+. The highest BCUT2D eigenvalue weighted by atomic mass is 16.6. The first-order chi connectivity index (χ1) is 13.0. The predicted molar refractivity (Wildman–Crippen MR) is 110 cm³/mol. The number of para-hydroxylation sites is 1. The Morgan fingerprint density at radius 2 is 1.96 bits per heavy atom. The average molecular weight is 385 g/mol. The number of benzene rings is 1. The quantitative estimate of drug-likeness (QED) is 0.774. The van der Waals surface area contributed by atoms with Crippen LogP contribution in [0.2, 0.25) is 0 Å². The molecule has 2 amide bonds. The van der Waals surface area contributed by atoms with Crippen molar-refractivity contribution in [1.82, 2.24) is 15.2 Å². The maximum Gasteiger partial charge on any atom is 0.407 e. The van der Waals surface area contributed by atoms with Crippen LogP contribution < -0.4 is 10.9 Å². The van der Waals surface area contributed by atoms with E-state index in [1.54, 1.807) is 40.8 Å². The van der Waals surface area contributed by atoms with E-state index in [0.717, 1.165) is 10.9 Å². The Kier molecular flexibility index (Phi) is 6.62. The topological polar surface area (TPSA) is 91.5 Å². The SMILES string of the molecule is CC(CN(C)C(=O)/C=C/c1cc2ccccc2[nH]c1=O)NC(=O)OC(C)(C)C. The Morgan fingerprint density at radius 3 is 2.64 bits per heavy atom. The van der Waals surface area contributed by atoms with E-state index in [-0.39, 0.29) is 17.5 Å². The molecule has 0 aliphatic rings. The molecule has 1 aromatic carbocycles. The van der Waals surface area contributed by atoms with Gasteiger partial charge >= 0.3 is 6.09 Å². The van der Waals surface area contributed by atoms with Crippen LogP contribution in [0.4, 0.5) is 4.79 Å². The summed E-state index contributed by atoms with van der Waals surface area (Å²) in [4.78, 5) is 40.5. The van der Waals surface area contributed by atoms with Crippen LogP contribution in [0.15, 0.2) is 41.2 Å². The zero-order valence-corrected chi connectivity index (χ0v) is 16.9. The van der Waals surface area contributed by atoms with Crippen molar-refractivity contribution in [2.24, 2.45) is 0 Å². The van der Waals surface area contributed by atoms with Gasteiger partial charge in [-0.1, -0.05) is 18.2 Å². The monoisotopic (exact) mass is 385 g/mol. The number of hydrogen-bond acceptors (Lipinski definition) is 4. The second-order valence-corrected chi connectivity index (χ2v) is 7.74. The van der Waals surface area contributed by atoms with Crippen molar-refractivity contribution >= 4 is 29.0 Å². The van der Waals surface area contributed by atoms with Crippen molar-refractivity contribution in [2.45, 2.75) is 39.3 Å². The number of nitrogens with zero attached hydrogens (tertiary/aromatic N) is 1. The number of aromatic nitrogens is 1. The number of ether oxygens (including phenoxy) is 1. The van der Waals surface area contributed by atoms with E-state index in [9.17, 15) is 14.4 Å². The highest BCUT2D eigenvalue weighted by Crippen LogP contribution is 2.11. The van der Waals surface area contributed by atoms with Gasteiger partial charge in [0.25, 0.3) is 5.56 Å². The van der Waals surface area contributed by atoms with E-state index in [2.05, 4.69) is 10.3 Å². The maximum atomic E-state index is 12.3. The second kappa shape index (κ2) is 8.73. The minimum absolute atomic E-state index is 0.259. The van der Waals surface area contributed by atoms with E-state index >= 15 is 0 Å². The number of carbonyl (C=O) groups excluding carboxylic acids is 2. The molecule has 0 saturated carbocycles. The first-order valence-electron chi connectivity index (χ1n) is 9.10. The van der Waals surface area contributed by atoms with Gasteiger partial charge in [-0.15, -0.1) is 0 Å². The van der Waals surface area contributed by atoms with Crippen LogP contribution in [-0.4, -0.2) is 47.1 Å². The van der Waals surface area contributed by atoms with Crippen molar-refractivity contribution < 1.29 is 14.3 Å². The van der Waals surface area contributed by atoms with Crippen LogP contribution in [0.1, 0.15) is 33.3 Å². The smallest absolute Gasteiger partial charge is 0.407 e. The van der Waals surface area contributed by atoms with Crippen molar-refractivity contribution in [2.75, 3.05) is 13.6 Å². The zero-order chi connectivity index (χ0) is 20.9. The number of rotatable bonds is 5. The lowest BCUT2D eigenvalue weighted by Crippen LogP contribution is -2.44. The van der Waals surface area contributed by atoms with Crippen LogP contribution in [0.3, 0.4) is 0 Å². The Labute approximate surface area is 164 Å². The number of amides is 2. The molecule has 7 heteroatoms. The fraction of sp³-hybridized carbons (Fsp3) is 0.381. The van der Waals surface area contributed by atoms with Crippen molar-refractivity contribution in [3.05, 3.63) is 52.3 Å². The molecule has 7 nitrogen and oxygen atoms in total. The Balaban J connectivity index is 1.97. The zero-order valence-electron chi connectivity index (χ0n) is 16.9. The number of pyridine rings is 1. The normalized spacial score (nSPS) is 12.8. The van der Waals surface area contributed by atoms with Gasteiger partial charge in [0.1, 0.15) is 5.60 Å². The van der Waals surface area contributed by atoms with Crippen molar-refractivity contribution in [1.29, 1.82) is 0 Å². The summed E-state index contributed by atoms with van der Waals surface area (Å²) in [5, 5.41) is 3.58. The van der Waals surface area contributed by atoms with Crippen LogP contribution in [0, 0.1) is 0 Å². The summed E-state index contributed by atoms with van der Waals surface area (Å²) in [6, 6.07) is 8.89. The van der Waals surface area contributed by atoms with E-state index in [4.69, 9.17) is 4.74 Å². The van der Waals surface area contributed by atoms with Gasteiger partial charge in [0.05, 0.1) is 0 Å². The van der Waals surface area contributed by atoms with Gasteiger partial charge in [0.15, 0.2) is 0 Å². The largest absolute Gasteiger partial charge is 0.444 e. The first-order valence-corrected chi connectivity index (χ1v) is 9.10. The molecule has 0 radical (unpaired) electrons. The average Bonchev–Trinajstić information content (AvgIpc) is 2.57. The number of likely N-dealkylation sites (N-methyl/N-ethyl adjacent to an activating group) is 1. The molecule has 0 spiro atoms. The molecule has 1 heterocycles. The number of fused-ring (bicyclic) bond motifs is 1. The fourth-order valence-corrected chi connectivity index (χ4v) is 2.63. The molecule has 1 unspecified atom stereocenters. The van der Waals surface area contributed by atoms with Crippen LogP contribution in [0.5, 0.6) is 0 Å². The van der Waals surface area contributed by atoms with Crippen molar-refractivity contribution in [3.8, 4) is 0 Å². The molecule has 0 bridgehead atoms. The van der Waals surface area contributed by atoms with Gasteiger partial charge in [-0.25, -0.2) is 4.79 Å². The minimum Gasteiger partial charge on any atom is -0.444 e. The van der Waals surface area contributed by atoms with Gasteiger partial charge in [0.2, 0.25) is 5.91 Å². The van der Waals surface area contributed by atoms with Crippen LogP contribution in [0.25, 0.3) is 17.0 Å². The Hall–Kier alpha value is -3.09. The molecule has 2 rings (SSSR count). The van der Waals surface area contributed by atoms with Crippen LogP contribution in [-0.2, 0) is 9.53 Å². The molecule has 150 valence electrons. The molecule has 2 N–H and O–H groups in total. The lowest BCUT2D eigenvalue weighted by Gasteiger charge is -2.24. The van der Waals surface area contributed by atoms with Gasteiger partial charge in [-0.05, 0) is 51.3 Å². The fourth-order valence-electron chi connectivity index (χ4n) is 2.63. The van der Waals surface area contributed by atoms with E-state index < -0.39 is 11.7 Å². The van der Waals surface area contributed by atoms with Gasteiger partial charge < -0.3 is 19.9 Å². The summed E-state index contributed by atoms with van der Waals surface area (Å²) in [5.41, 5.74) is 0.308. The molecular weight excluding hydrogens is 358 g/mol. The highest BCUT2D eigenvalue weighted by Gasteiger charge is 2.19. The summed E-state index contributed by atoms with van der Waals surface area (Å²) in [7, 11) is 1.63. The van der Waals surface area contributed by atoms with E-state index in [1.165, 1.54) is 17.1 Å². The molecule has 0 fully saturated rings. The summed E-state index contributed by atoms with van der Waals surface area (Å²) in [5.74, 6) is -0.273. The van der Waals surface area contributed by atoms with Crippen molar-refractivity contribution in [3.63, 3.8) is 0 Å². The molecule has 28 heavy (non-hydrogen) atoms. The summed E-state index contributed by atoms with van der Waals surface area (Å²) in [6.07, 6.45) is 2.31. The minimum atomic E-state index is -0.582. The third kappa shape index (κ3) is 6.26. The first kappa shape index (κ1) is 21.2. The highest BCUT2D eigenvalue weighted by molar-refractivity contribution is 5.92. The number of carbonyl (C=O) groups is 2. The number of alkyl carbamates (subject to hydrolysis) is 1. The lowest BCUT2D eigenvalue weighted by molar-refractivity contribution is -0.125. The molecule has 2 aromatic rings. The number of hydrogen-bond donors (Lipinski definition) is 2. The molecule has 0 aliphatic heterocycles. The molecule has 1 aromatic heterocycles. The third-order valence-electron chi connectivity index (χ3n) is 3.87. The molecule has 0 aliphatic carbocycles. The van der Waals surface area contributed by atoms with Crippen LogP contribution >= 0.6 is 0 Å². The summed E-state index contributed by atoms with van der Waals surface area (Å²) < 4.78 is 5.20. The Morgan fingerprint density at radius 1 is 1.29 bits per heavy atom. The van der Waals surface area contributed by atoms with Gasteiger partial charge in [-0.2, -0.15) is 0 Å². The molecule has 1 atom stereocenters. The van der Waals surface area contributed by atoms with Gasteiger partial charge in [0, 0.05) is 36.8 Å². The molecule has 0 saturated heterocycles. The predicted octanol–water partition coefficient (Wildman–Crippen LogP) is 2.91. The van der Waals surface area contributed by atoms with E-state index in [0.29, 0.717) is 12.1 Å². The number of H-pyrrole nitrogens is 1. The summed E-state index contributed by atoms with van der Waals surface area (Å²) >= 11 is 0. The van der Waals surface area contributed by atoms with Gasteiger partial charge in [-0.3, -0.25) is 9.59 Å². The van der Waals surface area contributed by atoms with E-state index in [1.807, 2.05) is 24.3 Å². The Bertz CT molecular complexity index is 941.